The first-order chi connectivity index (χ1) is 18.9. The highest BCUT2D eigenvalue weighted by atomic mass is 16.3. The molecule has 4 fully saturated rings. The number of fused-ring (bicyclic) bond motifs is 3. The lowest BCUT2D eigenvalue weighted by molar-refractivity contribution is -0.130. The van der Waals surface area contributed by atoms with Gasteiger partial charge in [0.1, 0.15) is 5.65 Å². The molecule has 1 aliphatic heterocycles. The maximum atomic E-state index is 13.3. The quantitative estimate of drug-likeness (QED) is 0.362. The van der Waals surface area contributed by atoms with Crippen LogP contribution in [0.2, 0.25) is 0 Å². The molecule has 0 spiro atoms. The molecule has 6 nitrogen and oxygen atoms in total. The standard InChI is InChI=1S/C33H38N4O2/c1-3-5-7-25-15-27-26-8-6-13-34-31(26)35-29(27)30(37(25)28(38)4-2)23-9-11-24(12-10-23)36-32-16-21-14-22(17-32)19-33(39,18-21)20-32/h2,6,8-13,21-22,25,30,36,39H,3,5,7,14-20H2,1H3,(H,34,35)/t21?,22?,25-,30-,32?,33?/m0/s1. The molecule has 0 radical (unpaired) electrons. The summed E-state index contributed by atoms with van der Waals surface area (Å²) in [5.41, 5.74) is 4.73. The summed E-state index contributed by atoms with van der Waals surface area (Å²) < 4.78 is 0. The minimum absolute atomic E-state index is 0.0159. The van der Waals surface area contributed by atoms with Gasteiger partial charge in [0.2, 0.25) is 0 Å². The molecule has 2 unspecified atom stereocenters. The van der Waals surface area contributed by atoms with Crippen LogP contribution in [0.3, 0.4) is 0 Å². The van der Waals surface area contributed by atoms with Crippen LogP contribution in [-0.4, -0.2) is 43.1 Å². The normalized spacial score (nSPS) is 32.7. The van der Waals surface area contributed by atoms with Gasteiger partial charge >= 0.3 is 0 Å². The number of hydrogen-bond donors (Lipinski definition) is 3. The van der Waals surface area contributed by atoms with Crippen molar-refractivity contribution < 1.29 is 9.90 Å². The van der Waals surface area contributed by atoms with Crippen molar-refractivity contribution in [1.29, 1.82) is 0 Å². The first-order valence-corrected chi connectivity index (χ1v) is 14.7. The maximum absolute atomic E-state index is 13.3. The molecule has 8 rings (SSSR count). The molecular weight excluding hydrogens is 484 g/mol. The van der Waals surface area contributed by atoms with Gasteiger partial charge in [-0.15, -0.1) is 6.42 Å². The van der Waals surface area contributed by atoms with Gasteiger partial charge in [-0.05, 0) is 105 Å². The fourth-order valence-corrected chi connectivity index (χ4v) is 9.01. The van der Waals surface area contributed by atoms with Crippen LogP contribution in [0.4, 0.5) is 5.69 Å². The third-order valence-corrected chi connectivity index (χ3v) is 10.0. The number of benzene rings is 1. The number of aliphatic hydroxyl groups is 1. The first kappa shape index (κ1) is 24.7. The van der Waals surface area contributed by atoms with Crippen LogP contribution in [0.1, 0.15) is 87.6 Å². The fourth-order valence-electron chi connectivity index (χ4n) is 9.01. The van der Waals surface area contributed by atoms with Crippen LogP contribution in [0.15, 0.2) is 42.6 Å². The number of terminal acetylenes is 1. The van der Waals surface area contributed by atoms with Crippen molar-refractivity contribution in [2.24, 2.45) is 11.8 Å². The Balaban J connectivity index is 1.25. The highest BCUT2D eigenvalue weighted by molar-refractivity contribution is 5.94. The van der Waals surface area contributed by atoms with Crippen LogP contribution >= 0.6 is 0 Å². The molecule has 202 valence electrons. The van der Waals surface area contributed by atoms with Crippen molar-refractivity contribution in [2.75, 3.05) is 5.32 Å². The van der Waals surface area contributed by atoms with E-state index < -0.39 is 5.60 Å². The number of H-pyrrole nitrogens is 1. The SMILES string of the molecule is C#CC(=O)N1[C@@H](CCCC)Cc2c([nH]c3ncccc23)[C@@H]1c1ccc(NC23CC4CC(CC(O)(C4)C2)C3)cc1. The molecular formula is C33H38N4O2. The predicted molar refractivity (Wildman–Crippen MR) is 153 cm³/mol. The van der Waals surface area contributed by atoms with E-state index >= 15 is 0 Å². The van der Waals surface area contributed by atoms with Gasteiger partial charge in [-0.1, -0.05) is 31.9 Å². The van der Waals surface area contributed by atoms with E-state index in [1.807, 2.05) is 11.0 Å². The van der Waals surface area contributed by atoms with Gasteiger partial charge in [-0.2, -0.15) is 0 Å². The fraction of sp³-hybridized carbons (Fsp3) is 0.515. The van der Waals surface area contributed by atoms with E-state index in [4.69, 9.17) is 6.42 Å². The highest BCUT2D eigenvalue weighted by Crippen LogP contribution is 2.58. The van der Waals surface area contributed by atoms with E-state index in [1.165, 1.54) is 12.0 Å². The number of nitrogens with zero attached hydrogens (tertiary/aromatic N) is 2. The highest BCUT2D eigenvalue weighted by Gasteiger charge is 2.57. The number of aromatic nitrogens is 2. The van der Waals surface area contributed by atoms with Crippen molar-refractivity contribution in [1.82, 2.24) is 14.9 Å². The second-order valence-corrected chi connectivity index (χ2v) is 12.9. The van der Waals surface area contributed by atoms with Crippen molar-refractivity contribution in [2.45, 2.75) is 94.4 Å². The lowest BCUT2D eigenvalue weighted by atomic mass is 9.51. The van der Waals surface area contributed by atoms with Crippen molar-refractivity contribution in [3.8, 4) is 12.3 Å². The Hall–Kier alpha value is -3.30. The summed E-state index contributed by atoms with van der Waals surface area (Å²) in [6.07, 6.45) is 17.7. The molecule has 3 heterocycles. The van der Waals surface area contributed by atoms with Crippen LogP contribution in [0, 0.1) is 24.2 Å². The number of carbonyl (C=O) groups excluding carboxylic acids is 1. The minimum atomic E-state index is -0.497. The van der Waals surface area contributed by atoms with Gasteiger partial charge in [0, 0.05) is 34.5 Å². The average molecular weight is 523 g/mol. The van der Waals surface area contributed by atoms with Crippen molar-refractivity contribution >= 4 is 22.6 Å². The van der Waals surface area contributed by atoms with Gasteiger partial charge < -0.3 is 20.3 Å². The van der Waals surface area contributed by atoms with E-state index in [1.54, 1.807) is 6.20 Å². The van der Waals surface area contributed by atoms with E-state index in [2.05, 4.69) is 58.5 Å². The number of pyridine rings is 1. The second kappa shape index (κ2) is 9.13. The summed E-state index contributed by atoms with van der Waals surface area (Å²) in [4.78, 5) is 23.4. The predicted octanol–water partition coefficient (Wildman–Crippen LogP) is 5.72. The second-order valence-electron chi connectivity index (χ2n) is 12.9. The molecule has 4 atom stereocenters. The Bertz CT molecular complexity index is 1440. The summed E-state index contributed by atoms with van der Waals surface area (Å²) >= 11 is 0. The zero-order valence-corrected chi connectivity index (χ0v) is 22.7. The zero-order chi connectivity index (χ0) is 26.8. The molecule has 4 aliphatic carbocycles. The number of carbonyl (C=O) groups is 1. The average Bonchev–Trinajstić information content (AvgIpc) is 3.28. The molecule has 39 heavy (non-hydrogen) atoms. The van der Waals surface area contributed by atoms with Crippen molar-refractivity contribution in [3.63, 3.8) is 0 Å². The summed E-state index contributed by atoms with van der Waals surface area (Å²) in [5, 5.41) is 16.2. The van der Waals surface area contributed by atoms with E-state index in [-0.39, 0.29) is 23.5 Å². The van der Waals surface area contributed by atoms with E-state index in [0.717, 1.165) is 85.8 Å². The lowest BCUT2D eigenvalue weighted by Gasteiger charge is -2.60. The summed E-state index contributed by atoms with van der Waals surface area (Å²) in [5.74, 6) is 3.42. The van der Waals surface area contributed by atoms with Crippen LogP contribution < -0.4 is 5.32 Å². The number of nitrogens with one attached hydrogen (secondary N) is 2. The number of anilines is 1. The lowest BCUT2D eigenvalue weighted by Crippen LogP contribution is -2.61. The molecule has 4 bridgehead atoms. The summed E-state index contributed by atoms with van der Waals surface area (Å²) in [6.45, 7) is 2.18. The third kappa shape index (κ3) is 4.14. The van der Waals surface area contributed by atoms with Gasteiger partial charge in [0.05, 0.1) is 11.6 Å². The van der Waals surface area contributed by atoms with Gasteiger partial charge in [-0.25, -0.2) is 4.98 Å². The Labute approximate surface area is 230 Å². The molecule has 6 heteroatoms. The van der Waals surface area contributed by atoms with Crippen LogP contribution in [0.5, 0.6) is 0 Å². The molecule has 2 aromatic heterocycles. The molecule has 5 aliphatic rings. The Kier molecular flexibility index (Phi) is 5.79. The topological polar surface area (TPSA) is 81.2 Å². The van der Waals surface area contributed by atoms with E-state index in [0.29, 0.717) is 11.8 Å². The molecule has 3 aromatic rings. The van der Waals surface area contributed by atoms with Crippen LogP contribution in [0.25, 0.3) is 11.0 Å². The van der Waals surface area contributed by atoms with Gasteiger partial charge in [0.15, 0.2) is 0 Å². The van der Waals surface area contributed by atoms with Crippen molar-refractivity contribution in [3.05, 3.63) is 59.4 Å². The monoisotopic (exact) mass is 522 g/mol. The minimum Gasteiger partial charge on any atom is -0.390 e. The van der Waals surface area contributed by atoms with Crippen LogP contribution in [-0.2, 0) is 11.2 Å². The molecule has 1 aromatic carbocycles. The summed E-state index contributed by atoms with van der Waals surface area (Å²) in [7, 11) is 0. The zero-order valence-electron chi connectivity index (χ0n) is 22.7. The molecule has 0 saturated heterocycles. The Morgan fingerprint density at radius 1 is 1.21 bits per heavy atom. The summed E-state index contributed by atoms with van der Waals surface area (Å²) in [6, 6.07) is 12.4. The number of rotatable bonds is 6. The smallest absolute Gasteiger partial charge is 0.299 e. The maximum Gasteiger partial charge on any atom is 0.299 e. The Morgan fingerprint density at radius 3 is 2.67 bits per heavy atom. The number of aromatic amines is 1. The molecule has 4 saturated carbocycles. The third-order valence-electron chi connectivity index (χ3n) is 10.0. The largest absolute Gasteiger partial charge is 0.390 e. The molecule has 3 N–H and O–H groups in total. The first-order valence-electron chi connectivity index (χ1n) is 14.7. The number of unbranched alkanes of at least 4 members (excludes halogenated alkanes) is 1. The van der Waals surface area contributed by atoms with Gasteiger partial charge in [-0.3, -0.25) is 4.79 Å². The Morgan fingerprint density at radius 2 is 1.97 bits per heavy atom. The number of amides is 1. The molecule has 1 amide bonds. The van der Waals surface area contributed by atoms with Gasteiger partial charge in [0.25, 0.3) is 5.91 Å². The van der Waals surface area contributed by atoms with E-state index in [9.17, 15) is 9.90 Å². The number of hydrogen-bond acceptors (Lipinski definition) is 4.